The summed E-state index contributed by atoms with van der Waals surface area (Å²) in [5.41, 5.74) is -1.39. The van der Waals surface area contributed by atoms with E-state index in [2.05, 4.69) is 35.1 Å². The number of unbranched alkanes of at least 4 members (excludes halogenated alkanes) is 6. The van der Waals surface area contributed by atoms with Crippen molar-refractivity contribution in [2.24, 2.45) is 5.92 Å². The number of benzene rings is 2. The molecule has 8 N–H and O–H groups in total. The van der Waals surface area contributed by atoms with Crippen molar-refractivity contribution in [2.75, 3.05) is 27.2 Å². The summed E-state index contributed by atoms with van der Waals surface area (Å²) in [5, 5.41) is 63.2. The number of nitrogens with zero attached hydrogens (tertiary/aromatic N) is 3. The van der Waals surface area contributed by atoms with Gasteiger partial charge in [0, 0.05) is 44.1 Å². The Hall–Kier alpha value is -6.31. The summed E-state index contributed by atoms with van der Waals surface area (Å²) < 4.78 is 0. The Kier molecular flexibility index (Phi) is 19.3. The van der Waals surface area contributed by atoms with Gasteiger partial charge in [-0.15, -0.1) is 0 Å². The van der Waals surface area contributed by atoms with E-state index in [1.165, 1.54) is 65.4 Å². The monoisotopic (exact) mass is 883 g/mol. The van der Waals surface area contributed by atoms with Crippen molar-refractivity contribution >= 4 is 47.1 Å². The molecule has 63 heavy (non-hydrogen) atoms. The van der Waals surface area contributed by atoms with Crippen molar-refractivity contribution < 1.29 is 58.9 Å². The van der Waals surface area contributed by atoms with Crippen molar-refractivity contribution in [3.63, 3.8) is 0 Å². The van der Waals surface area contributed by atoms with E-state index >= 15 is 0 Å². The molecule has 0 saturated heterocycles. The number of phenols is 2. The highest BCUT2D eigenvalue weighted by Gasteiger charge is 2.35. The van der Waals surface area contributed by atoms with Crippen LogP contribution in [0.15, 0.2) is 30.3 Å². The third kappa shape index (κ3) is 14.4. The normalized spacial score (nSPS) is 17.3. The molecule has 20 nitrogen and oxygen atoms in total. The number of fused-ring (bicyclic) bond motifs is 5. The van der Waals surface area contributed by atoms with Gasteiger partial charge in [-0.25, -0.2) is 4.79 Å². The van der Waals surface area contributed by atoms with Crippen LogP contribution in [0.2, 0.25) is 0 Å². The van der Waals surface area contributed by atoms with Gasteiger partial charge in [0.05, 0.1) is 18.1 Å². The second-order valence-electron chi connectivity index (χ2n) is 16.3. The van der Waals surface area contributed by atoms with Gasteiger partial charge < -0.3 is 51.5 Å². The Bertz CT molecular complexity index is 2010. The Morgan fingerprint density at radius 2 is 1.51 bits per heavy atom. The second kappa shape index (κ2) is 23.8. The van der Waals surface area contributed by atoms with E-state index < -0.39 is 107 Å². The Morgan fingerprint density at radius 1 is 0.873 bits per heavy atom. The molecule has 0 unspecified atom stereocenters. The maximum Gasteiger partial charge on any atom is 0.326 e. The van der Waals surface area contributed by atoms with Crippen LogP contribution in [0.25, 0.3) is 11.1 Å². The highest BCUT2D eigenvalue weighted by Crippen LogP contribution is 2.43. The number of rotatable bonds is 20. The molecule has 0 aromatic heterocycles. The minimum absolute atomic E-state index is 0.00251. The van der Waals surface area contributed by atoms with E-state index in [9.17, 15) is 64.1 Å². The minimum Gasteiger partial charge on any atom is -0.507 e. The van der Waals surface area contributed by atoms with Crippen LogP contribution in [-0.4, -0.2) is 128 Å². The van der Waals surface area contributed by atoms with Gasteiger partial charge >= 0.3 is 11.7 Å². The molecule has 2 aromatic carbocycles. The number of aromatic hydroxyl groups is 2. The number of aliphatic carboxylic acids is 1. The number of amides is 6. The molecule has 0 aliphatic carbocycles. The summed E-state index contributed by atoms with van der Waals surface area (Å²) in [5.74, 6) is -7.00. The standard InChI is InChI=1S/C43H61N7O13/c1-24(2)14-12-10-8-7-9-11-13-15-35(53)48(5)33(23-51)41(58)45-25(3)39(56)44-22-36(54)49(6)37-28-16-17-34(52)29(21-28)30-18-27(20-32(38(30)55)50(62)63)19-31(43(60)61)47-40(57)26(4)46-42(37)59/h16-18,20-21,24-26,31,33,37,51-52,55H,7-15,19,22-23H2,1-6H3,(H,44,56)(H,45,58)(H,46,59)(H,47,57)(H,60,61)/t25-,26+,31+,33-,37+/m1/s1. The first-order chi connectivity index (χ1) is 29.7. The molecule has 2 aromatic rings. The molecule has 1 heterocycles. The number of hydrogen-bond donors (Lipinski definition) is 8. The fraction of sp³-hybridized carbons (Fsp3) is 0.558. The van der Waals surface area contributed by atoms with Crippen LogP contribution >= 0.6 is 0 Å². The Labute approximate surface area is 365 Å². The molecule has 0 fully saturated rings. The van der Waals surface area contributed by atoms with Crippen LogP contribution in [0.1, 0.15) is 103 Å². The maximum absolute atomic E-state index is 13.9. The van der Waals surface area contributed by atoms with E-state index in [1.54, 1.807) is 0 Å². The van der Waals surface area contributed by atoms with E-state index in [1.807, 2.05) is 0 Å². The SMILES string of the molecule is CC(C)CCCCCCCCCC(=O)N(C)[C@H](CO)C(=O)N[C@H](C)C(=O)NCC(=O)N(C)[C@@H]1C(=O)N[C@@H](C)C(=O)N[C@H](C(=O)O)Cc2cc(c(O)c([N+](=O)[O-])c2)-c2cc1ccc2O. The van der Waals surface area contributed by atoms with Gasteiger partial charge in [-0.3, -0.25) is 38.9 Å². The zero-order valence-electron chi connectivity index (χ0n) is 36.6. The average Bonchev–Trinajstić information content (AvgIpc) is 3.22. The number of hydrogen-bond acceptors (Lipinski definition) is 12. The second-order valence-corrected chi connectivity index (χ2v) is 16.3. The number of carbonyl (C=O) groups is 7. The number of aliphatic hydroxyl groups excluding tert-OH is 1. The number of aliphatic hydroxyl groups is 1. The molecule has 0 radical (unpaired) electrons. The fourth-order valence-corrected chi connectivity index (χ4v) is 7.12. The molecular formula is C43H61N7O13. The first-order valence-electron chi connectivity index (χ1n) is 21.1. The van der Waals surface area contributed by atoms with Crippen LogP contribution in [0.4, 0.5) is 5.69 Å². The summed E-state index contributed by atoms with van der Waals surface area (Å²) >= 11 is 0. The number of nitro groups is 1. The summed E-state index contributed by atoms with van der Waals surface area (Å²) in [7, 11) is 2.58. The van der Waals surface area contributed by atoms with E-state index in [4.69, 9.17) is 0 Å². The summed E-state index contributed by atoms with van der Waals surface area (Å²) in [6.45, 7) is 5.54. The maximum atomic E-state index is 13.9. The lowest BCUT2D eigenvalue weighted by Gasteiger charge is -2.30. The lowest BCUT2D eigenvalue weighted by atomic mass is 9.93. The minimum atomic E-state index is -1.65. The van der Waals surface area contributed by atoms with Crippen molar-refractivity contribution in [2.45, 2.75) is 122 Å². The van der Waals surface area contributed by atoms with Crippen LogP contribution in [0.5, 0.6) is 11.5 Å². The number of carbonyl (C=O) groups excluding carboxylic acids is 6. The molecule has 4 bridgehead atoms. The summed E-state index contributed by atoms with van der Waals surface area (Å²) in [4.78, 5) is 105. The quantitative estimate of drug-likeness (QED) is 0.0539. The lowest BCUT2D eigenvalue weighted by Crippen LogP contribution is -2.55. The molecule has 346 valence electrons. The van der Waals surface area contributed by atoms with Gasteiger partial charge in [0.2, 0.25) is 41.2 Å². The van der Waals surface area contributed by atoms with E-state index in [0.29, 0.717) is 12.3 Å². The summed E-state index contributed by atoms with van der Waals surface area (Å²) in [6.07, 6.45) is 7.98. The fourth-order valence-electron chi connectivity index (χ4n) is 7.12. The average molecular weight is 884 g/mol. The molecular weight excluding hydrogens is 823 g/mol. The van der Waals surface area contributed by atoms with Gasteiger partial charge in [0.25, 0.3) is 0 Å². The van der Waals surface area contributed by atoms with Crippen molar-refractivity contribution in [3.8, 4) is 22.6 Å². The third-order valence-corrected chi connectivity index (χ3v) is 11.0. The molecule has 0 saturated carbocycles. The van der Waals surface area contributed by atoms with Crippen LogP contribution in [-0.2, 0) is 40.0 Å². The number of nitro benzene ring substituents is 1. The molecule has 1 aliphatic heterocycles. The highest BCUT2D eigenvalue weighted by atomic mass is 16.6. The number of nitrogens with one attached hydrogen (secondary N) is 4. The van der Waals surface area contributed by atoms with Crippen LogP contribution < -0.4 is 21.3 Å². The third-order valence-electron chi connectivity index (χ3n) is 11.0. The summed E-state index contributed by atoms with van der Waals surface area (Å²) in [6, 6.07) is -1.52. The molecule has 0 spiro atoms. The van der Waals surface area contributed by atoms with E-state index in [-0.39, 0.29) is 34.6 Å². The number of phenolic OH excluding ortho intramolecular Hbond substituents is 2. The van der Waals surface area contributed by atoms with Gasteiger partial charge in [-0.05, 0) is 55.5 Å². The van der Waals surface area contributed by atoms with E-state index in [0.717, 1.165) is 47.6 Å². The zero-order chi connectivity index (χ0) is 47.1. The first kappa shape index (κ1) is 51.0. The molecule has 1 aliphatic rings. The number of carboxylic acids is 1. The highest BCUT2D eigenvalue weighted by molar-refractivity contribution is 5.96. The van der Waals surface area contributed by atoms with Crippen LogP contribution in [0.3, 0.4) is 0 Å². The topological polar surface area (TPSA) is 298 Å². The van der Waals surface area contributed by atoms with Crippen LogP contribution in [0, 0.1) is 16.0 Å². The molecule has 3 rings (SSSR count). The smallest absolute Gasteiger partial charge is 0.326 e. The van der Waals surface area contributed by atoms with Gasteiger partial charge in [-0.1, -0.05) is 64.9 Å². The van der Waals surface area contributed by atoms with Gasteiger partial charge in [0.15, 0.2) is 0 Å². The largest absolute Gasteiger partial charge is 0.507 e. The number of carboxylic acid groups (broad SMARTS) is 1. The zero-order valence-corrected chi connectivity index (χ0v) is 36.6. The molecule has 5 atom stereocenters. The Morgan fingerprint density at radius 3 is 2.11 bits per heavy atom. The number of likely N-dealkylation sites (N-methyl/N-ethyl adjacent to an activating group) is 2. The van der Waals surface area contributed by atoms with Gasteiger partial charge in [0.1, 0.15) is 36.0 Å². The lowest BCUT2D eigenvalue weighted by molar-refractivity contribution is -0.385. The van der Waals surface area contributed by atoms with Crippen molar-refractivity contribution in [3.05, 3.63) is 51.6 Å². The molecule has 6 amide bonds. The van der Waals surface area contributed by atoms with Gasteiger partial charge in [-0.2, -0.15) is 0 Å². The van der Waals surface area contributed by atoms with Crippen molar-refractivity contribution in [1.29, 1.82) is 0 Å². The van der Waals surface area contributed by atoms with Crippen molar-refractivity contribution in [1.82, 2.24) is 31.1 Å². The Balaban J connectivity index is 1.74. The molecule has 20 heteroatoms. The predicted molar refractivity (Wildman–Crippen MR) is 229 cm³/mol. The first-order valence-corrected chi connectivity index (χ1v) is 21.1. The predicted octanol–water partition coefficient (Wildman–Crippen LogP) is 2.41.